The molecule has 0 saturated carbocycles. The van der Waals surface area contributed by atoms with Crippen LogP contribution < -0.4 is 14.4 Å². The molecule has 2 heterocycles. The smallest absolute Gasteiger partial charge is 0.417 e. The van der Waals surface area contributed by atoms with Gasteiger partial charge in [-0.1, -0.05) is 17.7 Å². The van der Waals surface area contributed by atoms with Crippen molar-refractivity contribution in [2.75, 3.05) is 44.8 Å². The zero-order valence-electron chi connectivity index (χ0n) is 17.7. The second-order valence-corrected chi connectivity index (χ2v) is 7.42. The van der Waals surface area contributed by atoms with Crippen molar-refractivity contribution in [1.29, 1.82) is 0 Å². The van der Waals surface area contributed by atoms with Gasteiger partial charge in [-0.15, -0.1) is 0 Å². The van der Waals surface area contributed by atoms with E-state index in [0.717, 1.165) is 17.8 Å². The Hall–Kier alpha value is -2.94. The van der Waals surface area contributed by atoms with Crippen LogP contribution in [0.3, 0.4) is 0 Å². The molecule has 0 N–H and O–H groups in total. The van der Waals surface area contributed by atoms with Crippen LogP contribution in [0.5, 0.6) is 11.5 Å². The van der Waals surface area contributed by atoms with Gasteiger partial charge >= 0.3 is 6.18 Å². The maximum Gasteiger partial charge on any atom is 0.417 e. The second-order valence-electron chi connectivity index (χ2n) is 7.02. The average Bonchev–Trinajstić information content (AvgIpc) is 2.77. The lowest BCUT2D eigenvalue weighted by Gasteiger charge is -2.35. The van der Waals surface area contributed by atoms with Crippen LogP contribution in [0.2, 0.25) is 5.02 Å². The fraction of sp³-hybridized carbons (Fsp3) is 0.364. The standard InChI is InChI=1S/C22H23ClF3N3O3/c1-3-32-19-12-15(4-6-18(19)31-2)5-7-20(30)28-8-10-29(11-9-28)21-17(23)13-16(14-27-21)22(24,25)26/h4-7,12-14H,3,8-11H2,1-2H3/b7-5+. The number of anilines is 1. The van der Waals surface area contributed by atoms with Crippen molar-refractivity contribution in [1.82, 2.24) is 9.88 Å². The number of methoxy groups -OCH3 is 1. The van der Waals surface area contributed by atoms with Gasteiger partial charge < -0.3 is 19.3 Å². The monoisotopic (exact) mass is 469 g/mol. The Kier molecular flexibility index (Phi) is 7.50. The summed E-state index contributed by atoms with van der Waals surface area (Å²) in [5.74, 6) is 1.33. The third kappa shape index (κ3) is 5.64. The number of hydrogen-bond acceptors (Lipinski definition) is 5. The molecule has 10 heteroatoms. The van der Waals surface area contributed by atoms with Crippen LogP contribution in [0.4, 0.5) is 19.0 Å². The minimum atomic E-state index is -4.50. The van der Waals surface area contributed by atoms with E-state index in [1.165, 1.54) is 6.08 Å². The molecule has 0 unspecified atom stereocenters. The minimum absolute atomic E-state index is 0.0656. The Morgan fingerprint density at radius 1 is 1.19 bits per heavy atom. The maximum atomic E-state index is 12.8. The number of aromatic nitrogens is 1. The Bertz CT molecular complexity index is 990. The number of hydrogen-bond donors (Lipinski definition) is 0. The van der Waals surface area contributed by atoms with Crippen LogP contribution in [0, 0.1) is 0 Å². The molecule has 0 radical (unpaired) electrons. The molecule has 1 aliphatic heterocycles. The SMILES string of the molecule is CCOc1cc(/C=C/C(=O)N2CCN(c3ncc(C(F)(F)F)cc3Cl)CC2)ccc1OC. The Balaban J connectivity index is 1.61. The molecule has 0 atom stereocenters. The molecule has 1 amide bonds. The zero-order chi connectivity index (χ0) is 23.3. The second kappa shape index (κ2) is 10.1. The number of halogens is 4. The first-order valence-corrected chi connectivity index (χ1v) is 10.4. The van der Waals surface area contributed by atoms with E-state index in [1.807, 2.05) is 13.0 Å². The van der Waals surface area contributed by atoms with Crippen LogP contribution in [0.15, 0.2) is 36.5 Å². The summed E-state index contributed by atoms with van der Waals surface area (Å²) in [6.07, 6.45) is -0.547. The number of amides is 1. The summed E-state index contributed by atoms with van der Waals surface area (Å²) in [7, 11) is 1.56. The highest BCUT2D eigenvalue weighted by atomic mass is 35.5. The van der Waals surface area contributed by atoms with Gasteiger partial charge in [-0.3, -0.25) is 4.79 Å². The van der Waals surface area contributed by atoms with Crippen molar-refractivity contribution in [3.05, 3.63) is 52.7 Å². The molecule has 1 fully saturated rings. The summed E-state index contributed by atoms with van der Waals surface area (Å²) < 4.78 is 49.2. The van der Waals surface area contributed by atoms with E-state index < -0.39 is 11.7 Å². The molecule has 0 aliphatic carbocycles. The van der Waals surface area contributed by atoms with Gasteiger partial charge in [-0.05, 0) is 36.8 Å². The molecule has 6 nitrogen and oxygen atoms in total. The van der Waals surface area contributed by atoms with Gasteiger partial charge in [0.05, 0.1) is 24.3 Å². The highest BCUT2D eigenvalue weighted by Crippen LogP contribution is 2.34. The molecular weight excluding hydrogens is 447 g/mol. The number of pyridine rings is 1. The number of nitrogens with zero attached hydrogens (tertiary/aromatic N) is 3. The predicted octanol–water partition coefficient (Wildman–Crippen LogP) is 4.52. The first-order valence-electron chi connectivity index (χ1n) is 9.98. The van der Waals surface area contributed by atoms with Crippen LogP contribution in [0.1, 0.15) is 18.1 Å². The minimum Gasteiger partial charge on any atom is -0.493 e. The summed E-state index contributed by atoms with van der Waals surface area (Å²) >= 11 is 6.03. The van der Waals surface area contributed by atoms with Crippen LogP contribution in [0.25, 0.3) is 6.08 Å². The summed E-state index contributed by atoms with van der Waals surface area (Å²) in [4.78, 5) is 19.9. The fourth-order valence-electron chi connectivity index (χ4n) is 3.30. The zero-order valence-corrected chi connectivity index (χ0v) is 18.4. The van der Waals surface area contributed by atoms with E-state index >= 15 is 0 Å². The maximum absolute atomic E-state index is 12.8. The number of piperazine rings is 1. The van der Waals surface area contributed by atoms with E-state index in [4.69, 9.17) is 21.1 Å². The van der Waals surface area contributed by atoms with Gasteiger partial charge in [0.25, 0.3) is 0 Å². The van der Waals surface area contributed by atoms with E-state index in [-0.39, 0.29) is 16.7 Å². The van der Waals surface area contributed by atoms with Crippen LogP contribution >= 0.6 is 11.6 Å². The van der Waals surface area contributed by atoms with E-state index in [2.05, 4.69) is 4.98 Å². The van der Waals surface area contributed by atoms with Crippen molar-refractivity contribution in [3.63, 3.8) is 0 Å². The molecule has 0 spiro atoms. The largest absolute Gasteiger partial charge is 0.493 e. The number of carbonyl (C=O) groups excluding carboxylic acids is 1. The Morgan fingerprint density at radius 2 is 1.91 bits per heavy atom. The van der Waals surface area contributed by atoms with Crippen molar-refractivity contribution in [2.24, 2.45) is 0 Å². The van der Waals surface area contributed by atoms with Gasteiger partial charge in [0.1, 0.15) is 5.82 Å². The van der Waals surface area contributed by atoms with Crippen LogP contribution in [-0.2, 0) is 11.0 Å². The molecule has 1 aromatic heterocycles. The number of rotatable bonds is 6. The van der Waals surface area contributed by atoms with Gasteiger partial charge in [0.2, 0.25) is 5.91 Å². The third-order valence-corrected chi connectivity index (χ3v) is 5.22. The van der Waals surface area contributed by atoms with Crippen molar-refractivity contribution in [3.8, 4) is 11.5 Å². The number of ether oxygens (including phenoxy) is 2. The molecule has 1 aliphatic rings. The molecule has 2 aromatic rings. The van der Waals surface area contributed by atoms with Crippen molar-refractivity contribution < 1.29 is 27.4 Å². The van der Waals surface area contributed by atoms with E-state index in [1.54, 1.807) is 35.1 Å². The summed E-state index contributed by atoms with van der Waals surface area (Å²) in [6.45, 7) is 3.98. The average molecular weight is 470 g/mol. The summed E-state index contributed by atoms with van der Waals surface area (Å²) in [5.41, 5.74) is -0.0989. The van der Waals surface area contributed by atoms with E-state index in [0.29, 0.717) is 44.3 Å². The lowest BCUT2D eigenvalue weighted by molar-refractivity contribution is -0.137. The van der Waals surface area contributed by atoms with Crippen molar-refractivity contribution in [2.45, 2.75) is 13.1 Å². The first kappa shape index (κ1) is 23.7. The quantitative estimate of drug-likeness (QED) is 0.582. The highest BCUT2D eigenvalue weighted by Gasteiger charge is 2.32. The van der Waals surface area contributed by atoms with Gasteiger partial charge in [-0.2, -0.15) is 13.2 Å². The summed E-state index contributed by atoms with van der Waals surface area (Å²) in [6, 6.07) is 6.26. The predicted molar refractivity (Wildman–Crippen MR) is 116 cm³/mol. The Morgan fingerprint density at radius 3 is 2.50 bits per heavy atom. The van der Waals surface area contributed by atoms with Crippen molar-refractivity contribution >= 4 is 29.4 Å². The van der Waals surface area contributed by atoms with E-state index in [9.17, 15) is 18.0 Å². The lowest BCUT2D eigenvalue weighted by Crippen LogP contribution is -2.48. The summed E-state index contributed by atoms with van der Waals surface area (Å²) in [5, 5.41) is -0.0656. The lowest BCUT2D eigenvalue weighted by atomic mass is 10.2. The molecule has 1 saturated heterocycles. The number of carbonyl (C=O) groups is 1. The normalized spacial score (nSPS) is 14.7. The third-order valence-electron chi connectivity index (χ3n) is 4.95. The number of benzene rings is 1. The first-order chi connectivity index (χ1) is 15.2. The van der Waals surface area contributed by atoms with Gasteiger partial charge in [0, 0.05) is 38.5 Å². The Labute approximate surface area is 189 Å². The molecular formula is C22H23ClF3N3O3. The molecule has 172 valence electrons. The molecule has 32 heavy (non-hydrogen) atoms. The molecule has 3 rings (SSSR count). The van der Waals surface area contributed by atoms with Crippen LogP contribution in [-0.4, -0.2) is 55.7 Å². The van der Waals surface area contributed by atoms with Gasteiger partial charge in [-0.25, -0.2) is 4.98 Å². The van der Waals surface area contributed by atoms with Gasteiger partial charge in [0.15, 0.2) is 11.5 Å². The highest BCUT2D eigenvalue weighted by molar-refractivity contribution is 6.33. The number of alkyl halides is 3. The topological polar surface area (TPSA) is 54.9 Å². The molecule has 1 aromatic carbocycles. The molecule has 0 bridgehead atoms. The fourth-order valence-corrected chi connectivity index (χ4v) is 3.58.